The van der Waals surface area contributed by atoms with Crippen molar-refractivity contribution in [2.75, 3.05) is 0 Å². The number of hydrogen-bond donors (Lipinski definition) is 2. The van der Waals surface area contributed by atoms with Crippen LogP contribution in [0.15, 0.2) is 8.95 Å². The minimum atomic E-state index is -1.03. The highest BCUT2D eigenvalue weighted by molar-refractivity contribution is 9.13. The first-order valence-electron chi connectivity index (χ1n) is 4.94. The lowest BCUT2D eigenvalue weighted by molar-refractivity contribution is 0.0678. The molecule has 0 aromatic heterocycles. The zero-order valence-corrected chi connectivity index (χ0v) is 11.8. The van der Waals surface area contributed by atoms with Gasteiger partial charge >= 0.3 is 11.9 Å². The second-order valence-corrected chi connectivity index (χ2v) is 5.38. The molecule has 0 heterocycles. The van der Waals surface area contributed by atoms with Crippen LogP contribution in [0.5, 0.6) is 0 Å². The molecule has 0 aliphatic heterocycles. The molecule has 0 spiro atoms. The summed E-state index contributed by atoms with van der Waals surface area (Å²) in [7, 11) is 0. The first-order valence-corrected chi connectivity index (χ1v) is 6.53. The van der Waals surface area contributed by atoms with E-state index in [-0.39, 0.29) is 11.1 Å². The summed E-state index contributed by atoms with van der Waals surface area (Å²) in [6.07, 6.45) is 2.02. The number of carbonyl (C=O) groups is 2. The molecule has 0 atom stereocenters. The van der Waals surface area contributed by atoms with Crippen molar-refractivity contribution in [3.05, 3.63) is 31.2 Å². The van der Waals surface area contributed by atoms with Crippen LogP contribution in [0.4, 0.5) is 0 Å². The van der Waals surface area contributed by atoms with Crippen LogP contribution in [-0.2, 0) is 12.8 Å². The zero-order chi connectivity index (χ0) is 12.7. The van der Waals surface area contributed by atoms with E-state index in [0.717, 1.165) is 6.42 Å². The van der Waals surface area contributed by atoms with Crippen molar-refractivity contribution in [2.24, 2.45) is 0 Å². The van der Waals surface area contributed by atoms with Gasteiger partial charge in [-0.1, -0.05) is 0 Å². The standard InChI is InChI=1S/C11H8Br2O4/c12-8-6(10(14)15)4-2-1-3-5(4)7(9(8)13)11(16)17/h1-3H2,(H,14,15)(H,16,17). The number of benzene rings is 1. The average Bonchev–Trinajstić information content (AvgIpc) is 2.66. The predicted octanol–water partition coefficient (Wildman–Crippen LogP) is 3.10. The van der Waals surface area contributed by atoms with Gasteiger partial charge in [0.15, 0.2) is 0 Å². The molecule has 0 radical (unpaired) electrons. The van der Waals surface area contributed by atoms with E-state index < -0.39 is 11.9 Å². The monoisotopic (exact) mass is 362 g/mol. The topological polar surface area (TPSA) is 74.6 Å². The number of carboxylic acid groups (broad SMARTS) is 2. The van der Waals surface area contributed by atoms with Crippen LogP contribution in [0.3, 0.4) is 0 Å². The van der Waals surface area contributed by atoms with Crippen LogP contribution in [-0.4, -0.2) is 22.2 Å². The molecule has 0 saturated heterocycles. The molecule has 2 N–H and O–H groups in total. The molecule has 1 aliphatic rings. The van der Waals surface area contributed by atoms with Gasteiger partial charge in [0.2, 0.25) is 0 Å². The summed E-state index contributed by atoms with van der Waals surface area (Å²) in [5.41, 5.74) is 1.64. The first kappa shape index (κ1) is 12.6. The van der Waals surface area contributed by atoms with Crippen LogP contribution in [0.2, 0.25) is 0 Å². The van der Waals surface area contributed by atoms with Crippen molar-refractivity contribution in [1.29, 1.82) is 0 Å². The lowest BCUT2D eigenvalue weighted by Crippen LogP contribution is -2.10. The smallest absolute Gasteiger partial charge is 0.337 e. The molecule has 4 nitrogen and oxygen atoms in total. The van der Waals surface area contributed by atoms with Gasteiger partial charge in [-0.3, -0.25) is 0 Å². The highest BCUT2D eigenvalue weighted by atomic mass is 79.9. The SMILES string of the molecule is O=C(O)c1c(Br)c(Br)c(C(=O)O)c2c1CCC2. The van der Waals surface area contributed by atoms with Crippen LogP contribution in [0, 0.1) is 0 Å². The Morgan fingerprint density at radius 3 is 1.53 bits per heavy atom. The second-order valence-electron chi connectivity index (χ2n) is 3.80. The summed E-state index contributed by atoms with van der Waals surface area (Å²) in [6, 6.07) is 0. The molecule has 1 aliphatic carbocycles. The third kappa shape index (κ3) is 1.89. The Morgan fingerprint density at radius 2 is 1.24 bits per heavy atom. The Morgan fingerprint density at radius 1 is 0.882 bits per heavy atom. The number of hydrogen-bond acceptors (Lipinski definition) is 2. The van der Waals surface area contributed by atoms with Gasteiger partial charge in [-0.2, -0.15) is 0 Å². The number of rotatable bonds is 2. The summed E-state index contributed by atoms with van der Waals surface area (Å²) in [5, 5.41) is 18.4. The molecule has 0 bridgehead atoms. The van der Waals surface area contributed by atoms with E-state index in [2.05, 4.69) is 31.9 Å². The molecule has 0 unspecified atom stereocenters. The van der Waals surface area contributed by atoms with Gasteiger partial charge < -0.3 is 10.2 Å². The van der Waals surface area contributed by atoms with E-state index >= 15 is 0 Å². The molecule has 6 heteroatoms. The Bertz CT molecular complexity index is 490. The summed E-state index contributed by atoms with van der Waals surface area (Å²) in [6.45, 7) is 0. The normalized spacial score (nSPS) is 13.5. The van der Waals surface area contributed by atoms with Crippen molar-refractivity contribution in [2.45, 2.75) is 19.3 Å². The Kier molecular flexibility index (Phi) is 3.27. The maximum Gasteiger partial charge on any atom is 0.337 e. The Labute approximate surface area is 114 Å². The fourth-order valence-electron chi connectivity index (χ4n) is 2.23. The van der Waals surface area contributed by atoms with E-state index in [1.54, 1.807) is 0 Å². The van der Waals surface area contributed by atoms with Gasteiger partial charge in [0, 0.05) is 8.95 Å². The molecule has 17 heavy (non-hydrogen) atoms. The molecular formula is C11H8Br2O4. The summed E-state index contributed by atoms with van der Waals surface area (Å²) < 4.78 is 0.617. The van der Waals surface area contributed by atoms with E-state index in [1.807, 2.05) is 0 Å². The average molecular weight is 364 g/mol. The van der Waals surface area contributed by atoms with Crippen molar-refractivity contribution in [1.82, 2.24) is 0 Å². The molecule has 0 fully saturated rings. The fourth-order valence-corrected chi connectivity index (χ4v) is 3.44. The van der Waals surface area contributed by atoms with Crippen LogP contribution >= 0.6 is 31.9 Å². The number of halogens is 2. The molecular weight excluding hydrogens is 356 g/mol. The van der Waals surface area contributed by atoms with E-state index in [4.69, 9.17) is 0 Å². The van der Waals surface area contributed by atoms with Gasteiger partial charge in [0.1, 0.15) is 0 Å². The fraction of sp³-hybridized carbons (Fsp3) is 0.273. The van der Waals surface area contributed by atoms with Gasteiger partial charge in [-0.15, -0.1) is 0 Å². The lowest BCUT2D eigenvalue weighted by Gasteiger charge is -2.13. The van der Waals surface area contributed by atoms with Gasteiger partial charge in [0.05, 0.1) is 11.1 Å². The lowest BCUT2D eigenvalue weighted by atomic mass is 9.98. The van der Waals surface area contributed by atoms with Crippen LogP contribution in [0.1, 0.15) is 38.3 Å². The molecule has 1 aromatic rings. The third-order valence-electron chi connectivity index (χ3n) is 2.88. The summed E-state index contributed by atoms with van der Waals surface area (Å²) in [5.74, 6) is -2.07. The Balaban J connectivity index is 2.85. The quantitative estimate of drug-likeness (QED) is 0.846. The van der Waals surface area contributed by atoms with Gasteiger partial charge in [-0.05, 0) is 62.2 Å². The summed E-state index contributed by atoms with van der Waals surface area (Å²) >= 11 is 6.32. The largest absolute Gasteiger partial charge is 0.478 e. The molecule has 2 rings (SSSR count). The maximum atomic E-state index is 11.2. The van der Waals surface area contributed by atoms with E-state index in [0.29, 0.717) is 32.9 Å². The van der Waals surface area contributed by atoms with Crippen molar-refractivity contribution in [3.63, 3.8) is 0 Å². The van der Waals surface area contributed by atoms with E-state index in [1.165, 1.54) is 0 Å². The van der Waals surface area contributed by atoms with Gasteiger partial charge in [0.25, 0.3) is 0 Å². The van der Waals surface area contributed by atoms with Crippen molar-refractivity contribution in [3.8, 4) is 0 Å². The van der Waals surface area contributed by atoms with Gasteiger partial charge in [-0.25, -0.2) is 9.59 Å². The van der Waals surface area contributed by atoms with Crippen LogP contribution < -0.4 is 0 Å². The minimum Gasteiger partial charge on any atom is -0.478 e. The third-order valence-corrected chi connectivity index (χ3v) is 5.00. The molecule has 0 saturated carbocycles. The molecule has 1 aromatic carbocycles. The maximum absolute atomic E-state index is 11.2. The van der Waals surface area contributed by atoms with Crippen LogP contribution in [0.25, 0.3) is 0 Å². The Hall–Kier alpha value is -0.880. The molecule has 0 amide bonds. The first-order chi connectivity index (χ1) is 7.95. The number of aromatic carboxylic acids is 2. The van der Waals surface area contributed by atoms with Crippen molar-refractivity contribution >= 4 is 43.8 Å². The highest BCUT2D eigenvalue weighted by Gasteiger charge is 2.30. The minimum absolute atomic E-state index is 0.175. The highest BCUT2D eigenvalue weighted by Crippen LogP contribution is 2.40. The summed E-state index contributed by atoms with van der Waals surface area (Å²) in [4.78, 5) is 22.4. The molecule has 90 valence electrons. The van der Waals surface area contributed by atoms with Crippen molar-refractivity contribution < 1.29 is 19.8 Å². The zero-order valence-electron chi connectivity index (χ0n) is 8.59. The number of fused-ring (bicyclic) bond motifs is 1. The van der Waals surface area contributed by atoms with E-state index in [9.17, 15) is 19.8 Å². The number of carboxylic acids is 2. The second kappa shape index (κ2) is 4.42. The predicted molar refractivity (Wildman–Crippen MR) is 67.8 cm³/mol.